The Hall–Kier alpha value is -1.55. The average Bonchev–Trinajstić information content (AvgIpc) is 2.32. The Morgan fingerprint density at radius 2 is 2.06 bits per heavy atom. The van der Waals surface area contributed by atoms with E-state index in [-0.39, 0.29) is 12.5 Å². The number of nitrogen functional groups attached to an aromatic ring is 1. The van der Waals surface area contributed by atoms with Gasteiger partial charge in [0.15, 0.2) is 0 Å². The van der Waals surface area contributed by atoms with Gasteiger partial charge >= 0.3 is 0 Å². The van der Waals surface area contributed by atoms with Crippen LogP contribution >= 0.6 is 0 Å². The molecule has 0 spiro atoms. The summed E-state index contributed by atoms with van der Waals surface area (Å²) in [6.45, 7) is 3.41. The number of carbonyl (C=O) groups excluding carboxylic acids is 1. The van der Waals surface area contributed by atoms with Crippen molar-refractivity contribution in [3.63, 3.8) is 0 Å². The first kappa shape index (κ1) is 13.5. The lowest BCUT2D eigenvalue weighted by Crippen LogP contribution is -2.29. The average molecular weight is 236 g/mol. The zero-order valence-corrected chi connectivity index (χ0v) is 10.2. The second-order valence-corrected chi connectivity index (χ2v) is 3.89. The number of ether oxygens (including phenoxy) is 1. The van der Waals surface area contributed by atoms with Crippen LogP contribution in [0.1, 0.15) is 18.9 Å². The van der Waals surface area contributed by atoms with Crippen molar-refractivity contribution in [2.45, 2.75) is 19.8 Å². The summed E-state index contributed by atoms with van der Waals surface area (Å²) in [6.07, 6.45) is 1.73. The zero-order valence-electron chi connectivity index (χ0n) is 10.2. The van der Waals surface area contributed by atoms with Gasteiger partial charge in [0, 0.05) is 18.8 Å². The van der Waals surface area contributed by atoms with E-state index in [0.29, 0.717) is 13.2 Å². The molecule has 0 aliphatic rings. The summed E-state index contributed by atoms with van der Waals surface area (Å²) in [7, 11) is 0. The third kappa shape index (κ3) is 5.92. The largest absolute Gasteiger partial charge is 0.399 e. The van der Waals surface area contributed by atoms with Crippen LogP contribution in [0, 0.1) is 0 Å². The minimum absolute atomic E-state index is 0.0612. The van der Waals surface area contributed by atoms with Crippen LogP contribution in [0.3, 0.4) is 0 Å². The lowest BCUT2D eigenvalue weighted by Gasteiger charge is -2.06. The molecule has 17 heavy (non-hydrogen) atoms. The molecule has 1 aromatic rings. The second kappa shape index (κ2) is 7.68. The summed E-state index contributed by atoms with van der Waals surface area (Å²) in [5.41, 5.74) is 7.50. The van der Waals surface area contributed by atoms with Gasteiger partial charge in [0.05, 0.1) is 0 Å². The zero-order chi connectivity index (χ0) is 12.5. The molecule has 0 aliphatic heterocycles. The third-order valence-corrected chi connectivity index (χ3v) is 2.30. The summed E-state index contributed by atoms with van der Waals surface area (Å²) in [6, 6.07) is 7.66. The summed E-state index contributed by atoms with van der Waals surface area (Å²) in [5, 5.41) is 2.81. The van der Waals surface area contributed by atoms with E-state index in [0.717, 1.165) is 24.1 Å². The van der Waals surface area contributed by atoms with Gasteiger partial charge in [-0.2, -0.15) is 0 Å². The van der Waals surface area contributed by atoms with E-state index in [1.807, 2.05) is 31.2 Å². The van der Waals surface area contributed by atoms with Crippen LogP contribution in [0.25, 0.3) is 0 Å². The van der Waals surface area contributed by atoms with Crippen LogP contribution in [0.4, 0.5) is 5.69 Å². The van der Waals surface area contributed by atoms with E-state index in [9.17, 15) is 4.79 Å². The number of hydrogen-bond donors (Lipinski definition) is 2. The molecule has 0 bridgehead atoms. The highest BCUT2D eigenvalue weighted by atomic mass is 16.5. The topological polar surface area (TPSA) is 64.3 Å². The van der Waals surface area contributed by atoms with Gasteiger partial charge in [0.1, 0.15) is 6.61 Å². The normalized spacial score (nSPS) is 10.2. The van der Waals surface area contributed by atoms with Gasteiger partial charge in [-0.25, -0.2) is 0 Å². The maximum Gasteiger partial charge on any atom is 0.246 e. The van der Waals surface area contributed by atoms with Gasteiger partial charge in [-0.3, -0.25) is 4.79 Å². The van der Waals surface area contributed by atoms with Crippen molar-refractivity contribution in [2.75, 3.05) is 25.5 Å². The molecule has 0 saturated heterocycles. The number of carbonyl (C=O) groups is 1. The first-order valence-electron chi connectivity index (χ1n) is 5.91. The molecule has 0 atom stereocenters. The van der Waals surface area contributed by atoms with Crippen molar-refractivity contribution in [1.82, 2.24) is 5.32 Å². The highest BCUT2D eigenvalue weighted by molar-refractivity contribution is 5.77. The van der Waals surface area contributed by atoms with Gasteiger partial charge in [-0.1, -0.05) is 19.1 Å². The molecule has 1 aromatic carbocycles. The van der Waals surface area contributed by atoms with E-state index >= 15 is 0 Å². The molecular formula is C13H20N2O2. The van der Waals surface area contributed by atoms with E-state index in [1.54, 1.807) is 0 Å². The SMILES string of the molecule is CCCOCC(=O)NCCc1ccc(N)cc1. The lowest BCUT2D eigenvalue weighted by molar-refractivity contribution is -0.125. The highest BCUT2D eigenvalue weighted by Gasteiger charge is 2.00. The smallest absolute Gasteiger partial charge is 0.246 e. The third-order valence-electron chi connectivity index (χ3n) is 2.30. The number of hydrogen-bond acceptors (Lipinski definition) is 3. The molecule has 4 nitrogen and oxygen atoms in total. The summed E-state index contributed by atoms with van der Waals surface area (Å²) in [4.78, 5) is 11.3. The molecule has 0 saturated carbocycles. The van der Waals surface area contributed by atoms with Gasteiger partial charge in [0.2, 0.25) is 5.91 Å². The Morgan fingerprint density at radius 1 is 1.35 bits per heavy atom. The standard InChI is InChI=1S/C13H20N2O2/c1-2-9-17-10-13(16)15-8-7-11-3-5-12(14)6-4-11/h3-6H,2,7-10,14H2,1H3,(H,15,16). The lowest BCUT2D eigenvalue weighted by atomic mass is 10.1. The fourth-order valence-corrected chi connectivity index (χ4v) is 1.39. The number of rotatable bonds is 7. The molecular weight excluding hydrogens is 216 g/mol. The van der Waals surface area contributed by atoms with Gasteiger partial charge in [0.25, 0.3) is 0 Å². The van der Waals surface area contributed by atoms with Crippen LogP contribution in [0.5, 0.6) is 0 Å². The summed E-state index contributed by atoms with van der Waals surface area (Å²) in [5.74, 6) is -0.0612. The molecule has 94 valence electrons. The molecule has 0 aromatic heterocycles. The van der Waals surface area contributed by atoms with E-state index in [4.69, 9.17) is 10.5 Å². The Morgan fingerprint density at radius 3 is 2.71 bits per heavy atom. The van der Waals surface area contributed by atoms with Crippen molar-refractivity contribution in [3.8, 4) is 0 Å². The quantitative estimate of drug-likeness (QED) is 0.555. The maximum atomic E-state index is 11.3. The van der Waals surface area contributed by atoms with Crippen LogP contribution < -0.4 is 11.1 Å². The van der Waals surface area contributed by atoms with Crippen molar-refractivity contribution in [3.05, 3.63) is 29.8 Å². The number of amides is 1. The Bertz CT molecular complexity index is 336. The molecule has 1 amide bonds. The summed E-state index contributed by atoms with van der Waals surface area (Å²) < 4.78 is 5.13. The van der Waals surface area contributed by atoms with E-state index in [1.165, 1.54) is 0 Å². The summed E-state index contributed by atoms with van der Waals surface area (Å²) >= 11 is 0. The van der Waals surface area contributed by atoms with Gasteiger partial charge < -0.3 is 15.8 Å². The Labute approximate surface area is 102 Å². The minimum atomic E-state index is -0.0612. The molecule has 0 aliphatic carbocycles. The van der Waals surface area contributed by atoms with Crippen LogP contribution in [0.2, 0.25) is 0 Å². The van der Waals surface area contributed by atoms with Crippen molar-refractivity contribution in [2.24, 2.45) is 0 Å². The monoisotopic (exact) mass is 236 g/mol. The van der Waals surface area contributed by atoms with E-state index in [2.05, 4.69) is 5.32 Å². The predicted octanol–water partition coefficient (Wildman–Crippen LogP) is 1.35. The van der Waals surface area contributed by atoms with Crippen molar-refractivity contribution < 1.29 is 9.53 Å². The first-order valence-corrected chi connectivity index (χ1v) is 5.91. The van der Waals surface area contributed by atoms with Crippen LogP contribution in [-0.4, -0.2) is 25.7 Å². The Kier molecular flexibility index (Phi) is 6.10. The molecule has 0 unspecified atom stereocenters. The number of nitrogens with one attached hydrogen (secondary N) is 1. The number of benzene rings is 1. The van der Waals surface area contributed by atoms with Crippen molar-refractivity contribution in [1.29, 1.82) is 0 Å². The molecule has 0 fully saturated rings. The molecule has 0 radical (unpaired) electrons. The molecule has 0 heterocycles. The molecule has 1 rings (SSSR count). The van der Waals surface area contributed by atoms with Crippen LogP contribution in [-0.2, 0) is 16.0 Å². The fraction of sp³-hybridized carbons (Fsp3) is 0.462. The highest BCUT2D eigenvalue weighted by Crippen LogP contribution is 2.05. The molecule has 4 heteroatoms. The number of nitrogens with two attached hydrogens (primary N) is 1. The first-order chi connectivity index (χ1) is 8.22. The van der Waals surface area contributed by atoms with Gasteiger partial charge in [-0.05, 0) is 30.5 Å². The predicted molar refractivity (Wildman–Crippen MR) is 68.7 cm³/mol. The van der Waals surface area contributed by atoms with E-state index < -0.39 is 0 Å². The van der Waals surface area contributed by atoms with Crippen molar-refractivity contribution >= 4 is 11.6 Å². The van der Waals surface area contributed by atoms with Crippen LogP contribution in [0.15, 0.2) is 24.3 Å². The molecule has 3 N–H and O–H groups in total. The Balaban J connectivity index is 2.14. The maximum absolute atomic E-state index is 11.3. The fourth-order valence-electron chi connectivity index (χ4n) is 1.39. The number of anilines is 1. The minimum Gasteiger partial charge on any atom is -0.399 e. The second-order valence-electron chi connectivity index (χ2n) is 3.89. The van der Waals surface area contributed by atoms with Gasteiger partial charge in [-0.15, -0.1) is 0 Å².